The molecule has 1 unspecified atom stereocenters. The van der Waals surface area contributed by atoms with Crippen LogP contribution in [0.25, 0.3) is 10.2 Å². The van der Waals surface area contributed by atoms with Gasteiger partial charge in [-0.25, -0.2) is 9.37 Å². The van der Waals surface area contributed by atoms with Crippen LogP contribution in [0, 0.1) is 0 Å². The van der Waals surface area contributed by atoms with Gasteiger partial charge in [-0.05, 0) is 35.9 Å². The van der Waals surface area contributed by atoms with E-state index in [1.807, 2.05) is 0 Å². The Kier molecular flexibility index (Phi) is 3.94. The lowest BCUT2D eigenvalue weighted by Crippen LogP contribution is -2.24. The van der Waals surface area contributed by atoms with Gasteiger partial charge in [0, 0.05) is 16.1 Å². The number of aromatic hydroxyl groups is 1. The summed E-state index contributed by atoms with van der Waals surface area (Å²) in [5.41, 5.74) is 1.68. The lowest BCUT2D eigenvalue weighted by Gasteiger charge is -2.28. The van der Waals surface area contributed by atoms with E-state index in [4.69, 9.17) is 11.6 Å². The Hall–Kier alpha value is -2.43. The van der Waals surface area contributed by atoms with Gasteiger partial charge in [-0.3, -0.25) is 0 Å². The first-order valence-electron chi connectivity index (χ1n) is 7.66. The van der Waals surface area contributed by atoms with Gasteiger partial charge in [0.2, 0.25) is 0 Å². The highest BCUT2D eigenvalue weighted by Crippen LogP contribution is 2.45. The van der Waals surface area contributed by atoms with Gasteiger partial charge in [0.05, 0.1) is 15.7 Å². The second-order valence-corrected chi connectivity index (χ2v) is 7.02. The molecule has 0 saturated carbocycles. The molecule has 1 N–H and O–H groups in total. The molecule has 0 radical (unpaired) electrons. The average Bonchev–Trinajstić information content (AvgIpc) is 3.09. The van der Waals surface area contributed by atoms with Gasteiger partial charge < -0.3 is 5.11 Å². The summed E-state index contributed by atoms with van der Waals surface area (Å²) in [5.74, 6) is 0.00504. The van der Waals surface area contributed by atoms with Crippen LogP contribution in [0.3, 0.4) is 0 Å². The fourth-order valence-corrected chi connectivity index (χ4v) is 3.99. The van der Waals surface area contributed by atoms with Crippen LogP contribution in [0.2, 0.25) is 5.02 Å². The average molecular weight is 370 g/mol. The molecular formula is C20H13ClFNOS. The van der Waals surface area contributed by atoms with Crippen LogP contribution < -0.4 is 0 Å². The van der Waals surface area contributed by atoms with Crippen LogP contribution in [0.5, 0.6) is 5.75 Å². The highest BCUT2D eigenvalue weighted by Gasteiger charge is 2.38. The molecular weight excluding hydrogens is 357 g/mol. The third kappa shape index (κ3) is 2.68. The van der Waals surface area contributed by atoms with E-state index in [2.05, 4.69) is 4.98 Å². The first-order valence-corrected chi connectivity index (χ1v) is 8.92. The number of benzene rings is 3. The number of hydrogen-bond acceptors (Lipinski definition) is 3. The Bertz CT molecular complexity index is 1060. The molecule has 4 aromatic rings. The molecule has 4 rings (SSSR count). The first-order chi connectivity index (χ1) is 12.1. The summed E-state index contributed by atoms with van der Waals surface area (Å²) in [6.45, 7) is 0. The van der Waals surface area contributed by atoms with Gasteiger partial charge in [-0.2, -0.15) is 0 Å². The van der Waals surface area contributed by atoms with Crippen LogP contribution in [-0.4, -0.2) is 10.1 Å². The zero-order chi connectivity index (χ0) is 17.4. The maximum absolute atomic E-state index is 16.7. The maximum atomic E-state index is 16.7. The molecule has 0 saturated heterocycles. The number of thiazole rings is 1. The molecule has 0 aliphatic heterocycles. The highest BCUT2D eigenvalue weighted by atomic mass is 35.5. The molecule has 124 valence electrons. The first kappa shape index (κ1) is 16.1. The number of halogens is 2. The summed E-state index contributed by atoms with van der Waals surface area (Å²) in [6, 6.07) is 18.4. The van der Waals surface area contributed by atoms with Gasteiger partial charge in [-0.15, -0.1) is 11.3 Å². The molecule has 0 fully saturated rings. The lowest BCUT2D eigenvalue weighted by molar-refractivity contribution is 0.280. The predicted molar refractivity (Wildman–Crippen MR) is 100 cm³/mol. The van der Waals surface area contributed by atoms with E-state index >= 15 is 4.39 Å². The van der Waals surface area contributed by atoms with Crippen LogP contribution >= 0.6 is 22.9 Å². The van der Waals surface area contributed by atoms with Crippen molar-refractivity contribution in [2.45, 2.75) is 5.67 Å². The number of hydrogen-bond donors (Lipinski definition) is 1. The summed E-state index contributed by atoms with van der Waals surface area (Å²) in [5, 5.41) is 10.2. The molecule has 0 spiro atoms. The van der Waals surface area contributed by atoms with Gasteiger partial charge in [0.1, 0.15) is 5.75 Å². The third-order valence-electron chi connectivity index (χ3n) is 4.22. The van der Waals surface area contributed by atoms with E-state index < -0.39 is 5.67 Å². The predicted octanol–water partition coefficient (Wildman–Crippen LogP) is 5.92. The fraction of sp³-hybridized carbons (Fsp3) is 0.0500. The van der Waals surface area contributed by atoms with Crippen molar-refractivity contribution in [1.29, 1.82) is 0 Å². The normalized spacial score (nSPS) is 13.7. The molecule has 1 aromatic heterocycles. The van der Waals surface area contributed by atoms with E-state index in [0.717, 1.165) is 10.2 Å². The quantitative estimate of drug-likeness (QED) is 0.455. The van der Waals surface area contributed by atoms with Crippen molar-refractivity contribution in [3.05, 3.63) is 94.0 Å². The summed E-state index contributed by atoms with van der Waals surface area (Å²) in [7, 11) is 0. The van der Waals surface area contributed by atoms with Gasteiger partial charge in [0.25, 0.3) is 0 Å². The number of phenols is 1. The zero-order valence-electron chi connectivity index (χ0n) is 13.0. The number of fused-ring (bicyclic) bond motifs is 1. The standard InChI is InChI=1S/C20H13ClFNOS/c21-17-7-2-1-6-16(17)20(22,13-4-3-5-15(24)10-13)14-8-9-18-19(11-14)25-12-23-18/h1-12,24H. The van der Waals surface area contributed by atoms with Crippen LogP contribution in [-0.2, 0) is 5.67 Å². The molecule has 5 heteroatoms. The Balaban J connectivity index is 2.03. The molecule has 0 amide bonds. The number of nitrogens with zero attached hydrogens (tertiary/aromatic N) is 1. The van der Waals surface area contributed by atoms with E-state index in [1.54, 1.807) is 60.1 Å². The molecule has 1 atom stereocenters. The topological polar surface area (TPSA) is 33.1 Å². The molecule has 0 aliphatic rings. The highest BCUT2D eigenvalue weighted by molar-refractivity contribution is 7.16. The Morgan fingerprint density at radius 2 is 1.76 bits per heavy atom. The van der Waals surface area contributed by atoms with Crippen molar-refractivity contribution < 1.29 is 9.50 Å². The number of rotatable bonds is 3. The minimum atomic E-state index is -1.99. The Labute approximate surface area is 153 Å². The molecule has 2 nitrogen and oxygen atoms in total. The number of alkyl halides is 1. The van der Waals surface area contributed by atoms with Gasteiger partial charge in [-0.1, -0.05) is 48.0 Å². The van der Waals surface area contributed by atoms with Crippen LogP contribution in [0.4, 0.5) is 4.39 Å². The van der Waals surface area contributed by atoms with Gasteiger partial charge in [0.15, 0.2) is 5.67 Å². The van der Waals surface area contributed by atoms with Gasteiger partial charge >= 0.3 is 0 Å². The third-order valence-corrected chi connectivity index (χ3v) is 5.34. The summed E-state index contributed by atoms with van der Waals surface area (Å²) in [6.07, 6.45) is 0. The second kappa shape index (κ2) is 6.14. The van der Waals surface area contributed by atoms with Crippen molar-refractivity contribution >= 4 is 33.2 Å². The fourth-order valence-electron chi connectivity index (χ4n) is 3.01. The van der Waals surface area contributed by atoms with Crippen molar-refractivity contribution in [3.8, 4) is 5.75 Å². The number of aromatic nitrogens is 1. The van der Waals surface area contributed by atoms with Crippen molar-refractivity contribution in [3.63, 3.8) is 0 Å². The zero-order valence-corrected chi connectivity index (χ0v) is 14.6. The van der Waals surface area contributed by atoms with Crippen molar-refractivity contribution in [2.75, 3.05) is 0 Å². The molecule has 0 bridgehead atoms. The van der Waals surface area contributed by atoms with E-state index in [9.17, 15) is 5.11 Å². The second-order valence-electron chi connectivity index (χ2n) is 5.72. The minimum Gasteiger partial charge on any atom is -0.508 e. The Morgan fingerprint density at radius 1 is 0.960 bits per heavy atom. The van der Waals surface area contributed by atoms with Crippen LogP contribution in [0.1, 0.15) is 16.7 Å². The summed E-state index contributed by atoms with van der Waals surface area (Å²) >= 11 is 7.79. The molecule has 1 heterocycles. The smallest absolute Gasteiger partial charge is 0.187 e. The Morgan fingerprint density at radius 3 is 2.56 bits per heavy atom. The number of phenolic OH excluding ortho intramolecular Hbond substituents is 1. The minimum absolute atomic E-state index is 0.00504. The maximum Gasteiger partial charge on any atom is 0.187 e. The van der Waals surface area contributed by atoms with E-state index in [0.29, 0.717) is 21.7 Å². The SMILES string of the molecule is Oc1cccc(C(F)(c2ccc3ncsc3c2)c2ccccc2Cl)c1. The van der Waals surface area contributed by atoms with Crippen LogP contribution in [0.15, 0.2) is 72.2 Å². The lowest BCUT2D eigenvalue weighted by atomic mass is 9.82. The molecule has 0 aliphatic carbocycles. The van der Waals surface area contributed by atoms with E-state index in [1.165, 1.54) is 23.5 Å². The van der Waals surface area contributed by atoms with E-state index in [-0.39, 0.29) is 5.75 Å². The monoisotopic (exact) mass is 369 g/mol. The summed E-state index contributed by atoms with van der Waals surface area (Å²) < 4.78 is 17.5. The largest absolute Gasteiger partial charge is 0.508 e. The van der Waals surface area contributed by atoms with Crippen molar-refractivity contribution in [1.82, 2.24) is 4.98 Å². The molecule has 3 aromatic carbocycles. The molecule has 25 heavy (non-hydrogen) atoms. The summed E-state index contributed by atoms with van der Waals surface area (Å²) in [4.78, 5) is 4.25. The van der Waals surface area contributed by atoms with Crippen molar-refractivity contribution in [2.24, 2.45) is 0 Å².